The fourth-order valence-corrected chi connectivity index (χ4v) is 1.05. The number of carbonyl (C=O) groups is 3. The number of hydrogen-bond donors (Lipinski definition) is 2. The summed E-state index contributed by atoms with van der Waals surface area (Å²) < 4.78 is 0. The first-order valence-corrected chi connectivity index (χ1v) is 4.50. The second-order valence-electron chi connectivity index (χ2n) is 4.34. The highest BCUT2D eigenvalue weighted by molar-refractivity contribution is 5.90. The van der Waals surface area contributed by atoms with E-state index in [0.29, 0.717) is 0 Å². The van der Waals surface area contributed by atoms with Crippen LogP contribution in [-0.4, -0.2) is 35.7 Å². The molecule has 0 saturated carbocycles. The fraction of sp³-hybridized carbons (Fsp3) is 0.667. The summed E-state index contributed by atoms with van der Waals surface area (Å²) >= 11 is 0. The molecule has 0 fully saturated rings. The van der Waals surface area contributed by atoms with Crippen LogP contribution < -0.4 is 11.5 Å². The molecule has 0 rings (SSSR count). The third-order valence-electron chi connectivity index (χ3n) is 1.62. The molecular weight excluding hydrogens is 198 g/mol. The van der Waals surface area contributed by atoms with Gasteiger partial charge in [-0.05, 0) is 0 Å². The quantitative estimate of drug-likeness (QED) is 0.617. The van der Waals surface area contributed by atoms with Crippen molar-refractivity contribution < 1.29 is 14.4 Å². The lowest BCUT2D eigenvalue weighted by Crippen LogP contribution is -2.47. The number of rotatable bonds is 4. The number of primary amides is 2. The van der Waals surface area contributed by atoms with Crippen molar-refractivity contribution in [1.29, 1.82) is 0 Å². The van der Waals surface area contributed by atoms with E-state index in [1.165, 1.54) is 0 Å². The van der Waals surface area contributed by atoms with Gasteiger partial charge >= 0.3 is 0 Å². The van der Waals surface area contributed by atoms with E-state index >= 15 is 0 Å². The van der Waals surface area contributed by atoms with Gasteiger partial charge in [-0.15, -0.1) is 0 Å². The zero-order chi connectivity index (χ0) is 12.2. The Morgan fingerprint density at radius 1 is 1.00 bits per heavy atom. The molecule has 0 atom stereocenters. The lowest BCUT2D eigenvalue weighted by Gasteiger charge is -2.27. The Morgan fingerprint density at radius 2 is 1.33 bits per heavy atom. The number of nitrogens with two attached hydrogens (primary N) is 2. The van der Waals surface area contributed by atoms with Gasteiger partial charge in [0.2, 0.25) is 17.7 Å². The van der Waals surface area contributed by atoms with Crippen LogP contribution in [0, 0.1) is 5.41 Å². The van der Waals surface area contributed by atoms with E-state index in [4.69, 9.17) is 11.5 Å². The molecule has 15 heavy (non-hydrogen) atoms. The normalized spacial score (nSPS) is 10.9. The predicted octanol–water partition coefficient (Wildman–Crippen LogP) is -1.17. The highest BCUT2D eigenvalue weighted by Crippen LogP contribution is 2.16. The van der Waals surface area contributed by atoms with Gasteiger partial charge in [-0.1, -0.05) is 20.8 Å². The van der Waals surface area contributed by atoms with Crippen LogP contribution in [0.25, 0.3) is 0 Å². The highest BCUT2D eigenvalue weighted by Gasteiger charge is 2.28. The molecule has 0 aromatic rings. The molecule has 86 valence electrons. The largest absolute Gasteiger partial charge is 0.368 e. The van der Waals surface area contributed by atoms with Crippen LogP contribution in [0.3, 0.4) is 0 Å². The van der Waals surface area contributed by atoms with Crippen LogP contribution >= 0.6 is 0 Å². The Kier molecular flexibility index (Phi) is 4.26. The average molecular weight is 215 g/mol. The Labute approximate surface area is 88.6 Å². The first-order chi connectivity index (χ1) is 6.64. The van der Waals surface area contributed by atoms with E-state index < -0.39 is 17.2 Å². The minimum Gasteiger partial charge on any atom is -0.368 e. The van der Waals surface area contributed by atoms with E-state index in [1.807, 2.05) is 0 Å². The molecule has 0 heterocycles. The van der Waals surface area contributed by atoms with Crippen molar-refractivity contribution in [1.82, 2.24) is 4.90 Å². The Balaban J connectivity index is 4.70. The molecule has 0 bridgehead atoms. The van der Waals surface area contributed by atoms with Gasteiger partial charge in [-0.25, -0.2) is 0 Å². The maximum atomic E-state index is 11.7. The van der Waals surface area contributed by atoms with Gasteiger partial charge in [0.15, 0.2) is 0 Å². The van der Waals surface area contributed by atoms with Gasteiger partial charge in [0.05, 0.1) is 13.1 Å². The van der Waals surface area contributed by atoms with Crippen molar-refractivity contribution in [2.75, 3.05) is 13.1 Å². The molecule has 0 aromatic heterocycles. The van der Waals surface area contributed by atoms with Gasteiger partial charge in [0.25, 0.3) is 0 Å². The Bertz CT molecular complexity index is 265. The zero-order valence-electron chi connectivity index (χ0n) is 9.24. The smallest absolute Gasteiger partial charge is 0.237 e. The molecule has 4 N–H and O–H groups in total. The lowest BCUT2D eigenvalue weighted by molar-refractivity contribution is -0.144. The monoisotopic (exact) mass is 215 g/mol. The van der Waals surface area contributed by atoms with Crippen molar-refractivity contribution in [3.8, 4) is 0 Å². The summed E-state index contributed by atoms with van der Waals surface area (Å²) in [7, 11) is 0. The van der Waals surface area contributed by atoms with Gasteiger partial charge in [-0.2, -0.15) is 0 Å². The third-order valence-corrected chi connectivity index (χ3v) is 1.62. The molecule has 0 spiro atoms. The van der Waals surface area contributed by atoms with Gasteiger partial charge in [0.1, 0.15) is 0 Å². The van der Waals surface area contributed by atoms with Crippen LogP contribution in [0.5, 0.6) is 0 Å². The lowest BCUT2D eigenvalue weighted by atomic mass is 9.94. The minimum absolute atomic E-state index is 0.293. The summed E-state index contributed by atoms with van der Waals surface area (Å²) in [6.07, 6.45) is 0. The van der Waals surface area contributed by atoms with Crippen LogP contribution in [0.15, 0.2) is 0 Å². The molecule has 0 radical (unpaired) electrons. The minimum atomic E-state index is -0.676. The molecule has 0 unspecified atom stereocenters. The van der Waals surface area contributed by atoms with Gasteiger partial charge < -0.3 is 16.4 Å². The summed E-state index contributed by atoms with van der Waals surface area (Å²) in [5, 5.41) is 0. The molecule has 6 nitrogen and oxygen atoms in total. The number of carbonyl (C=O) groups excluding carboxylic acids is 3. The van der Waals surface area contributed by atoms with E-state index in [-0.39, 0.29) is 19.0 Å². The van der Waals surface area contributed by atoms with Crippen LogP contribution in [-0.2, 0) is 14.4 Å². The zero-order valence-corrected chi connectivity index (χ0v) is 9.24. The van der Waals surface area contributed by atoms with Crippen molar-refractivity contribution in [2.45, 2.75) is 20.8 Å². The molecule has 0 saturated heterocycles. The van der Waals surface area contributed by atoms with Gasteiger partial charge in [-0.3, -0.25) is 14.4 Å². The van der Waals surface area contributed by atoms with Gasteiger partial charge in [0, 0.05) is 5.41 Å². The number of hydrogen-bond acceptors (Lipinski definition) is 3. The summed E-state index contributed by atoms with van der Waals surface area (Å²) in [6, 6.07) is 0. The van der Waals surface area contributed by atoms with E-state index in [2.05, 4.69) is 0 Å². The maximum Gasteiger partial charge on any atom is 0.237 e. The van der Waals surface area contributed by atoms with Crippen molar-refractivity contribution >= 4 is 17.7 Å². The number of amides is 3. The Hall–Kier alpha value is -1.59. The first-order valence-electron chi connectivity index (χ1n) is 4.50. The first kappa shape index (κ1) is 13.4. The topological polar surface area (TPSA) is 106 Å². The SMILES string of the molecule is CC(C)(C)C(=O)N(CC(N)=O)CC(N)=O. The average Bonchev–Trinajstić information content (AvgIpc) is 1.98. The summed E-state index contributed by atoms with van der Waals surface area (Å²) in [4.78, 5) is 34.2. The van der Waals surface area contributed by atoms with Crippen LogP contribution in [0.2, 0.25) is 0 Å². The van der Waals surface area contributed by atoms with Crippen molar-refractivity contribution in [3.05, 3.63) is 0 Å². The van der Waals surface area contributed by atoms with Crippen molar-refractivity contribution in [2.24, 2.45) is 16.9 Å². The molecule has 0 aliphatic rings. The van der Waals surface area contributed by atoms with E-state index in [1.54, 1.807) is 20.8 Å². The summed E-state index contributed by atoms with van der Waals surface area (Å²) in [5.74, 6) is -1.68. The van der Waals surface area contributed by atoms with E-state index in [0.717, 1.165) is 4.90 Å². The van der Waals surface area contributed by atoms with E-state index in [9.17, 15) is 14.4 Å². The second kappa shape index (κ2) is 4.77. The third kappa shape index (κ3) is 4.99. The standard InChI is InChI=1S/C9H17N3O3/c1-9(2,3)8(15)12(4-6(10)13)5-7(11)14/h4-5H2,1-3H3,(H2,10,13)(H2,11,14). The molecule has 0 aliphatic heterocycles. The molecular formula is C9H17N3O3. The number of nitrogens with zero attached hydrogens (tertiary/aromatic N) is 1. The summed E-state index contributed by atoms with van der Waals surface area (Å²) in [6.45, 7) is 4.47. The molecule has 0 aliphatic carbocycles. The predicted molar refractivity (Wildman–Crippen MR) is 54.4 cm³/mol. The molecule has 0 aromatic carbocycles. The Morgan fingerprint density at radius 3 is 1.53 bits per heavy atom. The summed E-state index contributed by atoms with van der Waals surface area (Å²) in [5.41, 5.74) is 9.25. The highest BCUT2D eigenvalue weighted by atomic mass is 16.2. The van der Waals surface area contributed by atoms with Crippen LogP contribution in [0.4, 0.5) is 0 Å². The molecule has 3 amide bonds. The molecule has 6 heteroatoms. The van der Waals surface area contributed by atoms with Crippen molar-refractivity contribution in [3.63, 3.8) is 0 Å². The van der Waals surface area contributed by atoms with Crippen LogP contribution in [0.1, 0.15) is 20.8 Å². The fourth-order valence-electron chi connectivity index (χ4n) is 1.05. The maximum absolute atomic E-state index is 11.7. The second-order valence-corrected chi connectivity index (χ2v) is 4.34.